The van der Waals surface area contributed by atoms with Crippen molar-refractivity contribution in [1.29, 1.82) is 0 Å². The van der Waals surface area contributed by atoms with Crippen molar-refractivity contribution in [2.24, 2.45) is 5.73 Å². The number of carbonyl (C=O) groups excluding carboxylic acids is 4. The number of aryl methyl sites for hydroxylation is 1. The number of amides is 4. The molecule has 2 atom stereocenters. The molecular weight excluding hydrogens is 520 g/mol. The molecule has 2 aromatic carbocycles. The van der Waals surface area contributed by atoms with Crippen LogP contribution in [0.5, 0.6) is 0 Å². The fourth-order valence-electron chi connectivity index (χ4n) is 3.87. The Kier molecular flexibility index (Phi) is 10.9. The standard InChI is InChI=1S/C29H35ClN4O5/c1-7-16-34(27(37)22(17-23(31)35)32-28(38)39-29(4,5)6)25(20-14-12-19(8-2)13-15-20)26(36)33-24-18(3)10-9-11-21(24)30/h2,9-15,22,25H,7,16-17H2,1,3-6H3,(H2,31,35)(H,32,38)(H,33,36). The molecule has 39 heavy (non-hydrogen) atoms. The lowest BCUT2D eigenvalue weighted by Gasteiger charge is -2.34. The van der Waals surface area contributed by atoms with Crippen LogP contribution in [0.15, 0.2) is 42.5 Å². The fraction of sp³-hybridized carbons (Fsp3) is 0.379. The summed E-state index contributed by atoms with van der Waals surface area (Å²) in [6.45, 7) is 8.74. The summed E-state index contributed by atoms with van der Waals surface area (Å²) in [6, 6.07) is 9.28. The Labute approximate surface area is 234 Å². The van der Waals surface area contributed by atoms with Crippen molar-refractivity contribution in [2.45, 2.75) is 65.1 Å². The Hall–Kier alpha value is -4.03. The minimum Gasteiger partial charge on any atom is -0.444 e. The Morgan fingerprint density at radius 2 is 1.77 bits per heavy atom. The lowest BCUT2D eigenvalue weighted by Crippen LogP contribution is -2.53. The highest BCUT2D eigenvalue weighted by atomic mass is 35.5. The molecule has 0 fully saturated rings. The van der Waals surface area contributed by atoms with Gasteiger partial charge in [-0.05, 0) is 63.4 Å². The van der Waals surface area contributed by atoms with Gasteiger partial charge in [-0.2, -0.15) is 0 Å². The molecule has 0 aliphatic rings. The quantitative estimate of drug-likeness (QED) is 0.376. The molecule has 0 bridgehead atoms. The van der Waals surface area contributed by atoms with Crippen molar-refractivity contribution in [3.63, 3.8) is 0 Å². The minimum absolute atomic E-state index is 0.126. The van der Waals surface area contributed by atoms with Crippen LogP contribution in [0, 0.1) is 19.3 Å². The van der Waals surface area contributed by atoms with Gasteiger partial charge >= 0.3 is 6.09 Å². The molecule has 4 amide bonds. The molecule has 208 valence electrons. The molecule has 9 nitrogen and oxygen atoms in total. The summed E-state index contributed by atoms with van der Waals surface area (Å²) in [6.07, 6.45) is 4.58. The number of carbonyl (C=O) groups is 4. The van der Waals surface area contributed by atoms with Crippen LogP contribution >= 0.6 is 11.6 Å². The van der Waals surface area contributed by atoms with E-state index in [1.165, 1.54) is 4.90 Å². The van der Waals surface area contributed by atoms with Gasteiger partial charge in [-0.3, -0.25) is 14.4 Å². The summed E-state index contributed by atoms with van der Waals surface area (Å²) in [4.78, 5) is 53.4. The van der Waals surface area contributed by atoms with E-state index in [1.54, 1.807) is 70.2 Å². The van der Waals surface area contributed by atoms with E-state index in [4.69, 9.17) is 28.5 Å². The number of nitrogens with one attached hydrogen (secondary N) is 2. The topological polar surface area (TPSA) is 131 Å². The van der Waals surface area contributed by atoms with Crippen molar-refractivity contribution in [1.82, 2.24) is 10.2 Å². The van der Waals surface area contributed by atoms with Gasteiger partial charge in [0.1, 0.15) is 17.7 Å². The Morgan fingerprint density at radius 3 is 2.28 bits per heavy atom. The minimum atomic E-state index is -1.37. The number of hydrogen-bond donors (Lipinski definition) is 3. The van der Waals surface area contributed by atoms with E-state index < -0.39 is 47.9 Å². The van der Waals surface area contributed by atoms with Gasteiger partial charge < -0.3 is 26.0 Å². The molecule has 2 rings (SSSR count). The second kappa shape index (κ2) is 13.7. The van der Waals surface area contributed by atoms with E-state index >= 15 is 0 Å². The number of nitrogens with two attached hydrogens (primary N) is 1. The van der Waals surface area contributed by atoms with Crippen LogP contribution in [-0.2, 0) is 19.1 Å². The van der Waals surface area contributed by atoms with Crippen molar-refractivity contribution < 1.29 is 23.9 Å². The molecule has 0 spiro atoms. The largest absolute Gasteiger partial charge is 0.444 e. The van der Waals surface area contributed by atoms with Crippen LogP contribution in [-0.4, -0.2) is 46.9 Å². The van der Waals surface area contributed by atoms with Crippen molar-refractivity contribution in [3.05, 3.63) is 64.2 Å². The van der Waals surface area contributed by atoms with Crippen LogP contribution in [0.4, 0.5) is 10.5 Å². The van der Waals surface area contributed by atoms with Gasteiger partial charge in [-0.25, -0.2) is 4.79 Å². The maximum Gasteiger partial charge on any atom is 0.408 e. The van der Waals surface area contributed by atoms with E-state index in [0.717, 1.165) is 5.56 Å². The van der Waals surface area contributed by atoms with Gasteiger partial charge in [0.2, 0.25) is 11.8 Å². The van der Waals surface area contributed by atoms with Gasteiger partial charge in [0, 0.05) is 12.1 Å². The number of ether oxygens (including phenoxy) is 1. The number of para-hydroxylation sites is 1. The average molecular weight is 555 g/mol. The molecule has 0 aromatic heterocycles. The summed E-state index contributed by atoms with van der Waals surface area (Å²) in [5, 5.41) is 5.61. The highest BCUT2D eigenvalue weighted by Crippen LogP contribution is 2.30. The predicted molar refractivity (Wildman–Crippen MR) is 151 cm³/mol. The lowest BCUT2D eigenvalue weighted by atomic mass is 10.00. The number of alkyl carbamates (subject to hydrolysis) is 1. The summed E-state index contributed by atoms with van der Waals surface area (Å²) in [7, 11) is 0. The number of rotatable bonds is 10. The van der Waals surface area contributed by atoms with Crippen molar-refractivity contribution in [2.75, 3.05) is 11.9 Å². The van der Waals surface area contributed by atoms with Crippen molar-refractivity contribution in [3.8, 4) is 12.3 Å². The average Bonchev–Trinajstić information content (AvgIpc) is 2.84. The first-order valence-electron chi connectivity index (χ1n) is 12.5. The van der Waals surface area contributed by atoms with E-state index in [0.29, 0.717) is 28.3 Å². The Balaban J connectivity index is 2.56. The third-order valence-corrected chi connectivity index (χ3v) is 5.88. The molecule has 0 saturated heterocycles. The van der Waals surface area contributed by atoms with Gasteiger partial charge in [0.25, 0.3) is 5.91 Å². The number of primary amides is 1. The number of anilines is 1. The highest BCUT2D eigenvalue weighted by Gasteiger charge is 2.37. The molecule has 2 aromatic rings. The fourth-order valence-corrected chi connectivity index (χ4v) is 4.14. The summed E-state index contributed by atoms with van der Waals surface area (Å²) in [5.74, 6) is 0.483. The number of benzene rings is 2. The van der Waals surface area contributed by atoms with Crippen molar-refractivity contribution >= 4 is 41.1 Å². The second-order valence-electron chi connectivity index (χ2n) is 9.99. The molecule has 0 heterocycles. The molecule has 4 N–H and O–H groups in total. The summed E-state index contributed by atoms with van der Waals surface area (Å²) >= 11 is 6.35. The zero-order valence-electron chi connectivity index (χ0n) is 22.8. The van der Waals surface area contributed by atoms with E-state index in [-0.39, 0.29) is 6.54 Å². The van der Waals surface area contributed by atoms with E-state index in [2.05, 4.69) is 16.6 Å². The maximum atomic E-state index is 13.9. The number of hydrogen-bond acceptors (Lipinski definition) is 5. The van der Waals surface area contributed by atoms with Crippen LogP contribution in [0.3, 0.4) is 0 Å². The van der Waals surface area contributed by atoms with E-state index in [1.807, 2.05) is 6.92 Å². The lowest BCUT2D eigenvalue weighted by molar-refractivity contribution is -0.141. The monoisotopic (exact) mass is 554 g/mol. The maximum absolute atomic E-state index is 13.9. The van der Waals surface area contributed by atoms with E-state index in [9.17, 15) is 19.2 Å². The first kappa shape index (κ1) is 31.2. The third-order valence-electron chi connectivity index (χ3n) is 5.57. The van der Waals surface area contributed by atoms with Crippen LogP contribution in [0.1, 0.15) is 63.3 Å². The summed E-state index contributed by atoms with van der Waals surface area (Å²) < 4.78 is 5.28. The molecule has 0 radical (unpaired) electrons. The second-order valence-corrected chi connectivity index (χ2v) is 10.4. The Morgan fingerprint density at radius 1 is 1.13 bits per heavy atom. The molecular formula is C29H35ClN4O5. The van der Waals surface area contributed by atoms with Gasteiger partial charge in [0.05, 0.1) is 17.1 Å². The van der Waals surface area contributed by atoms with Gasteiger partial charge in [-0.1, -0.05) is 48.7 Å². The molecule has 0 saturated carbocycles. The number of nitrogens with zero attached hydrogens (tertiary/aromatic N) is 1. The Bertz CT molecular complexity index is 1230. The molecule has 10 heteroatoms. The van der Waals surface area contributed by atoms with Crippen LogP contribution < -0.4 is 16.4 Å². The highest BCUT2D eigenvalue weighted by molar-refractivity contribution is 6.34. The predicted octanol–water partition coefficient (Wildman–Crippen LogP) is 4.32. The summed E-state index contributed by atoms with van der Waals surface area (Å²) in [5.41, 5.74) is 6.75. The molecule has 2 unspecified atom stereocenters. The molecule has 0 aliphatic carbocycles. The zero-order chi connectivity index (χ0) is 29.3. The molecule has 0 aliphatic heterocycles. The first-order chi connectivity index (χ1) is 18.3. The zero-order valence-corrected chi connectivity index (χ0v) is 23.6. The normalized spacial score (nSPS) is 12.4. The third kappa shape index (κ3) is 9.04. The van der Waals surface area contributed by atoms with Gasteiger partial charge in [-0.15, -0.1) is 6.42 Å². The number of halogens is 1. The van der Waals surface area contributed by atoms with Crippen LogP contribution in [0.2, 0.25) is 5.02 Å². The van der Waals surface area contributed by atoms with Gasteiger partial charge in [0.15, 0.2) is 0 Å². The first-order valence-corrected chi connectivity index (χ1v) is 12.9. The smallest absolute Gasteiger partial charge is 0.408 e. The SMILES string of the molecule is C#Cc1ccc(C(C(=O)Nc2c(C)cccc2Cl)N(CCC)C(=O)C(CC(N)=O)NC(=O)OC(C)(C)C)cc1. The van der Waals surface area contributed by atoms with Crippen LogP contribution in [0.25, 0.3) is 0 Å². The number of terminal acetylenes is 1.